The summed E-state index contributed by atoms with van der Waals surface area (Å²) in [6.45, 7) is -0.293. The minimum absolute atomic E-state index is 0.0196. The number of nitro benzene ring substituents is 1. The molecule has 1 heterocycles. The Morgan fingerprint density at radius 3 is 2.30 bits per heavy atom. The smallest absolute Gasteiger partial charge is 0.308 e. The van der Waals surface area contributed by atoms with Crippen molar-refractivity contribution < 1.29 is 23.6 Å². The van der Waals surface area contributed by atoms with Crippen LogP contribution < -0.4 is 10.2 Å². The van der Waals surface area contributed by atoms with Gasteiger partial charge in [0.25, 0.3) is 11.6 Å². The Balaban J connectivity index is 1.35. The van der Waals surface area contributed by atoms with Crippen molar-refractivity contribution in [2.24, 2.45) is 0 Å². The zero-order valence-electron chi connectivity index (χ0n) is 17.2. The van der Waals surface area contributed by atoms with Crippen LogP contribution in [0.3, 0.4) is 0 Å². The minimum Gasteiger partial charge on any atom is -0.456 e. The van der Waals surface area contributed by atoms with E-state index in [1.54, 1.807) is 11.8 Å². The average Bonchev–Trinajstić information content (AvgIpc) is 2.81. The highest BCUT2D eigenvalue weighted by Crippen LogP contribution is 2.47. The third kappa shape index (κ3) is 5.12. The number of esters is 1. The number of nitrogens with zero attached hydrogens (tertiary/aromatic N) is 2. The monoisotopic (exact) mass is 467 g/mol. The maximum absolute atomic E-state index is 13.8. The number of hydrogen-bond donors (Lipinski definition) is 1. The standard InChI is InChI=1S/C23H18FN3O5S/c24-16-10-9-15(27(30)31)13-17(16)25-22(28)14-32-23(29)11-12-26-18-5-1-3-7-20(18)33-21-8-4-2-6-19(21)26/h1-10,13H,11-12,14H2,(H,25,28). The van der Waals surface area contributed by atoms with E-state index in [4.69, 9.17) is 4.74 Å². The largest absolute Gasteiger partial charge is 0.456 e. The second-order valence-electron chi connectivity index (χ2n) is 7.07. The van der Waals surface area contributed by atoms with Crippen LogP contribution in [0.1, 0.15) is 6.42 Å². The number of carbonyl (C=O) groups excluding carboxylic acids is 2. The van der Waals surface area contributed by atoms with Gasteiger partial charge in [-0.05, 0) is 30.3 Å². The molecular formula is C23H18FN3O5S. The highest BCUT2D eigenvalue weighted by molar-refractivity contribution is 7.99. The first-order chi connectivity index (χ1) is 15.9. The highest BCUT2D eigenvalue weighted by Gasteiger charge is 2.23. The molecule has 3 aromatic carbocycles. The molecule has 1 amide bonds. The summed E-state index contributed by atoms with van der Waals surface area (Å²) in [6, 6.07) is 18.5. The van der Waals surface area contributed by atoms with Gasteiger partial charge in [-0.25, -0.2) is 4.39 Å². The minimum atomic E-state index is -0.833. The van der Waals surface area contributed by atoms with E-state index < -0.39 is 29.2 Å². The molecule has 3 aromatic rings. The summed E-state index contributed by atoms with van der Waals surface area (Å²) >= 11 is 1.66. The summed E-state index contributed by atoms with van der Waals surface area (Å²) in [5.41, 5.74) is 1.23. The number of ether oxygens (including phenoxy) is 1. The lowest BCUT2D eigenvalue weighted by Crippen LogP contribution is -2.26. The Labute approximate surface area is 192 Å². The van der Waals surface area contributed by atoms with Crippen molar-refractivity contribution in [3.05, 3.63) is 82.7 Å². The summed E-state index contributed by atoms with van der Waals surface area (Å²) in [5, 5.41) is 13.0. The molecular weight excluding hydrogens is 449 g/mol. The third-order valence-corrected chi connectivity index (χ3v) is 6.00. The number of halogens is 1. The fourth-order valence-electron chi connectivity index (χ4n) is 3.35. The number of para-hydroxylation sites is 2. The lowest BCUT2D eigenvalue weighted by Gasteiger charge is -2.32. The number of carbonyl (C=O) groups is 2. The Hall–Kier alpha value is -3.92. The summed E-state index contributed by atoms with van der Waals surface area (Å²) in [6.07, 6.45) is 0.0196. The lowest BCUT2D eigenvalue weighted by molar-refractivity contribution is -0.384. The SMILES string of the molecule is O=C(COC(=O)CCN1c2ccccc2Sc2ccccc21)Nc1cc([N+](=O)[O-])ccc1F. The van der Waals surface area contributed by atoms with E-state index in [1.165, 1.54) is 0 Å². The third-order valence-electron chi connectivity index (χ3n) is 4.87. The predicted octanol–water partition coefficient (Wildman–Crippen LogP) is 4.91. The van der Waals surface area contributed by atoms with Crippen LogP contribution in [0.5, 0.6) is 0 Å². The highest BCUT2D eigenvalue weighted by atomic mass is 32.2. The second kappa shape index (κ2) is 9.70. The first kappa shape index (κ1) is 22.3. The van der Waals surface area contributed by atoms with Gasteiger partial charge in [0.1, 0.15) is 5.82 Å². The van der Waals surface area contributed by atoms with Crippen molar-refractivity contribution in [1.29, 1.82) is 0 Å². The number of anilines is 3. The number of amides is 1. The molecule has 0 radical (unpaired) electrons. The normalized spacial score (nSPS) is 11.8. The topological polar surface area (TPSA) is 102 Å². The summed E-state index contributed by atoms with van der Waals surface area (Å²) in [4.78, 5) is 38.6. The van der Waals surface area contributed by atoms with E-state index >= 15 is 0 Å². The van der Waals surface area contributed by atoms with Gasteiger partial charge in [0.15, 0.2) is 6.61 Å². The van der Waals surface area contributed by atoms with Crippen LogP contribution in [-0.4, -0.2) is 30.0 Å². The van der Waals surface area contributed by atoms with Gasteiger partial charge in [-0.2, -0.15) is 0 Å². The molecule has 1 N–H and O–H groups in total. The number of benzene rings is 3. The Kier molecular flexibility index (Phi) is 6.55. The van der Waals surface area contributed by atoms with E-state index in [2.05, 4.69) is 5.32 Å². The van der Waals surface area contributed by atoms with Gasteiger partial charge in [-0.15, -0.1) is 0 Å². The van der Waals surface area contributed by atoms with Gasteiger partial charge in [0, 0.05) is 28.5 Å². The summed E-state index contributed by atoms with van der Waals surface area (Å²) in [5.74, 6) is -2.23. The quantitative estimate of drug-likeness (QED) is 0.299. The molecule has 0 fully saturated rings. The predicted molar refractivity (Wildman–Crippen MR) is 121 cm³/mol. The van der Waals surface area contributed by atoms with Gasteiger partial charge >= 0.3 is 5.97 Å². The Morgan fingerprint density at radius 2 is 1.67 bits per heavy atom. The van der Waals surface area contributed by atoms with Crippen molar-refractivity contribution in [3.63, 3.8) is 0 Å². The first-order valence-corrected chi connectivity index (χ1v) is 10.8. The van der Waals surface area contributed by atoms with Crippen LogP contribution in [0.15, 0.2) is 76.5 Å². The van der Waals surface area contributed by atoms with E-state index in [9.17, 15) is 24.1 Å². The maximum Gasteiger partial charge on any atom is 0.308 e. The average molecular weight is 467 g/mol. The summed E-state index contributed by atoms with van der Waals surface area (Å²) < 4.78 is 18.8. The molecule has 168 valence electrons. The van der Waals surface area contributed by atoms with Gasteiger partial charge in [0.05, 0.1) is 28.4 Å². The van der Waals surface area contributed by atoms with Crippen LogP contribution in [0, 0.1) is 15.9 Å². The van der Waals surface area contributed by atoms with Crippen molar-refractivity contribution in [2.75, 3.05) is 23.4 Å². The molecule has 0 aromatic heterocycles. The molecule has 0 saturated carbocycles. The van der Waals surface area contributed by atoms with Gasteiger partial charge in [-0.3, -0.25) is 19.7 Å². The molecule has 0 atom stereocenters. The van der Waals surface area contributed by atoms with Crippen molar-refractivity contribution in [1.82, 2.24) is 0 Å². The zero-order chi connectivity index (χ0) is 23.4. The van der Waals surface area contributed by atoms with Crippen LogP contribution in [0.25, 0.3) is 0 Å². The van der Waals surface area contributed by atoms with Crippen LogP contribution in [0.4, 0.5) is 27.1 Å². The summed E-state index contributed by atoms with van der Waals surface area (Å²) in [7, 11) is 0. The molecule has 8 nitrogen and oxygen atoms in total. The molecule has 1 aliphatic heterocycles. The maximum atomic E-state index is 13.8. The molecule has 1 aliphatic rings. The van der Waals surface area contributed by atoms with E-state index in [0.29, 0.717) is 6.54 Å². The van der Waals surface area contributed by atoms with Gasteiger partial charge in [-0.1, -0.05) is 36.0 Å². The zero-order valence-corrected chi connectivity index (χ0v) is 18.0. The van der Waals surface area contributed by atoms with Crippen molar-refractivity contribution >= 4 is 46.4 Å². The van der Waals surface area contributed by atoms with E-state index in [-0.39, 0.29) is 17.8 Å². The fourth-order valence-corrected chi connectivity index (χ4v) is 4.45. The first-order valence-electron chi connectivity index (χ1n) is 9.95. The van der Waals surface area contributed by atoms with Gasteiger partial charge < -0.3 is 15.0 Å². The van der Waals surface area contributed by atoms with Crippen LogP contribution >= 0.6 is 11.8 Å². The number of hydrogen-bond acceptors (Lipinski definition) is 7. The van der Waals surface area contributed by atoms with Gasteiger partial charge in [0.2, 0.25) is 0 Å². The van der Waals surface area contributed by atoms with Crippen molar-refractivity contribution in [3.8, 4) is 0 Å². The second-order valence-corrected chi connectivity index (χ2v) is 8.15. The molecule has 0 saturated heterocycles. The molecule has 33 heavy (non-hydrogen) atoms. The molecule has 0 bridgehead atoms. The number of fused-ring (bicyclic) bond motifs is 2. The Bertz CT molecular complexity index is 1190. The molecule has 10 heteroatoms. The van der Waals surface area contributed by atoms with Crippen LogP contribution in [0.2, 0.25) is 0 Å². The number of non-ortho nitro benzene ring substituents is 1. The lowest BCUT2D eigenvalue weighted by atomic mass is 10.2. The molecule has 0 aliphatic carbocycles. The molecule has 0 spiro atoms. The molecule has 4 rings (SSSR count). The number of rotatable bonds is 7. The van der Waals surface area contributed by atoms with Crippen LogP contribution in [-0.2, 0) is 14.3 Å². The fraction of sp³-hybridized carbons (Fsp3) is 0.130. The molecule has 0 unspecified atom stereocenters. The number of nitrogens with one attached hydrogen (secondary N) is 1. The van der Waals surface area contributed by atoms with E-state index in [1.807, 2.05) is 53.4 Å². The van der Waals surface area contributed by atoms with E-state index in [0.717, 1.165) is 39.4 Å². The Morgan fingerprint density at radius 1 is 1.03 bits per heavy atom. The number of nitro groups is 1. The van der Waals surface area contributed by atoms with Crippen molar-refractivity contribution in [2.45, 2.75) is 16.2 Å².